The molecule has 0 aliphatic carbocycles. The Morgan fingerprint density at radius 3 is 0.944 bits per heavy atom. The number of anilines is 8. The van der Waals surface area contributed by atoms with Gasteiger partial charge in [0.1, 0.15) is 0 Å². The molecule has 0 bridgehead atoms. The normalized spacial score (nSPS) is 11.2. The van der Waals surface area contributed by atoms with Crippen LogP contribution in [0.2, 0.25) is 0 Å². The van der Waals surface area contributed by atoms with E-state index in [2.05, 4.69) is 471 Å². The molecule has 0 saturated heterocycles. The van der Waals surface area contributed by atoms with E-state index in [0.717, 1.165) is 56.7 Å². The van der Waals surface area contributed by atoms with Crippen molar-refractivity contribution in [3.8, 4) is 45.0 Å². The van der Waals surface area contributed by atoms with Crippen LogP contribution in [0.15, 0.2) is 474 Å². The first-order valence-electron chi connectivity index (χ1n) is 42.3. The molecule has 4 N–H and O–H groups in total. The Morgan fingerprint density at radius 1 is 0.176 bits per heavy atom. The molecule has 0 amide bonds. The number of rotatable bonds is 15. The largest absolute Gasteiger partial charge is 0.356 e. The highest BCUT2D eigenvalue weighted by Gasteiger charge is 2.19. The molecule has 24 aromatic rings. The first-order valence-corrected chi connectivity index (χ1v) is 43.1. The summed E-state index contributed by atoms with van der Waals surface area (Å²) in [5.41, 5.74) is 29.1. The van der Waals surface area contributed by atoms with Crippen LogP contribution < -0.4 is 21.3 Å². The minimum atomic E-state index is 1.07. The predicted octanol–water partition coefficient (Wildman–Crippen LogP) is 32.5. The molecule has 0 aliphatic rings. The highest BCUT2D eigenvalue weighted by molar-refractivity contribution is 7.25. The van der Waals surface area contributed by atoms with Gasteiger partial charge in [-0.2, -0.15) is 0 Å². The molecule has 0 spiro atoms. The molecule has 0 unspecified atom stereocenters. The fraction of sp³-hybridized carbons (Fsp3) is 0. The Hall–Kier alpha value is -16.5. The fourth-order valence-corrected chi connectivity index (χ4v) is 18.7. The van der Waals surface area contributed by atoms with Gasteiger partial charge >= 0.3 is 0 Å². The van der Waals surface area contributed by atoms with Crippen LogP contribution in [0.4, 0.5) is 45.5 Å². The lowest BCUT2D eigenvalue weighted by atomic mass is 10.0. The zero-order valence-electron chi connectivity index (χ0n) is 68.4. The van der Waals surface area contributed by atoms with Crippen LogP contribution in [-0.4, -0.2) is 18.3 Å². The molecule has 0 atom stereocenters. The van der Waals surface area contributed by atoms with Crippen LogP contribution in [0.3, 0.4) is 0 Å². The van der Waals surface area contributed by atoms with Gasteiger partial charge < -0.3 is 39.5 Å². The van der Waals surface area contributed by atoms with Crippen molar-refractivity contribution >= 4 is 170 Å². The first-order chi connectivity index (χ1) is 61.9. The maximum absolute atomic E-state index is 3.93. The van der Waals surface area contributed by atoms with E-state index in [9.17, 15) is 0 Å². The first kappa shape index (κ1) is 76.0. The Kier molecular flexibility index (Phi) is 20.7. The Labute approximate surface area is 729 Å². The fourth-order valence-electron chi connectivity index (χ4n) is 17.6. The number of hydrogen-bond donors (Lipinski definition) is 4. The van der Waals surface area contributed by atoms with Crippen molar-refractivity contribution in [2.24, 2.45) is 0 Å². The van der Waals surface area contributed by atoms with Crippen LogP contribution in [-0.2, 0) is 0 Å². The quantitative estimate of drug-likeness (QED) is 0.0826. The van der Waals surface area contributed by atoms with Gasteiger partial charge in [-0.3, -0.25) is 0 Å². The molecule has 594 valence electrons. The minimum Gasteiger partial charge on any atom is -0.356 e. The second-order valence-corrected chi connectivity index (χ2v) is 32.3. The number of fused-ring (bicyclic) bond motifs is 15. The van der Waals surface area contributed by atoms with Gasteiger partial charge in [0.05, 0.1) is 44.1 Å². The smallest absolute Gasteiger partial charge is 0.0561 e. The summed E-state index contributed by atoms with van der Waals surface area (Å²) in [6.07, 6.45) is 1.89. The summed E-state index contributed by atoms with van der Waals surface area (Å²) in [5, 5.41) is 27.0. The van der Waals surface area contributed by atoms with Crippen molar-refractivity contribution in [1.29, 1.82) is 0 Å². The average molecular weight is 1620 g/mol. The van der Waals surface area contributed by atoms with E-state index in [1.54, 1.807) is 0 Å². The van der Waals surface area contributed by atoms with Crippen molar-refractivity contribution in [3.63, 3.8) is 0 Å². The Morgan fingerprint density at radius 2 is 0.464 bits per heavy atom. The third kappa shape index (κ3) is 15.3. The third-order valence-corrected chi connectivity index (χ3v) is 24.5. The van der Waals surface area contributed by atoms with Crippen molar-refractivity contribution in [2.45, 2.75) is 0 Å². The van der Waals surface area contributed by atoms with E-state index in [-0.39, 0.29) is 0 Å². The highest BCUT2D eigenvalue weighted by Crippen LogP contribution is 2.43. The molecule has 24 rings (SSSR count). The SMILES string of the molecule is C=Cc1cccc(-c2ccc3c(c2)c2cc(Nc4ccccc4)ccc2n3-c2ccccc2)c1.c1ccc(-c2ccc(Nc3ccc4c(c3)c3ccccc3n4-c3ccccc3)cc2)cc1.c1ccc(-n2c3ccccc3c3cc(Nc4ccc5c(c4)sc4ccccc45)ccc32)cc1.c1ccc(Nc2ccc3c4ccccc4n(-c4ccccc4)c3c2)cc1. The lowest BCUT2D eigenvalue weighted by Gasteiger charge is -2.10. The average Bonchev–Trinajstić information content (AvgIpc) is 1.61. The lowest BCUT2D eigenvalue weighted by molar-refractivity contribution is 1.18. The maximum Gasteiger partial charge on any atom is 0.0561 e. The summed E-state index contributed by atoms with van der Waals surface area (Å²) in [5.74, 6) is 0. The Bertz CT molecular complexity index is 8020. The van der Waals surface area contributed by atoms with Crippen LogP contribution in [0.1, 0.15) is 5.56 Å². The topological polar surface area (TPSA) is 67.8 Å². The molecule has 0 radical (unpaired) electrons. The minimum absolute atomic E-state index is 1.07. The van der Waals surface area contributed by atoms with E-state index in [4.69, 9.17) is 0 Å². The van der Waals surface area contributed by atoms with Gasteiger partial charge in [-0.25, -0.2) is 0 Å². The summed E-state index contributed by atoms with van der Waals surface area (Å²) in [4.78, 5) is 0. The summed E-state index contributed by atoms with van der Waals surface area (Å²) in [6, 6.07) is 165. The molecule has 9 heteroatoms. The zero-order chi connectivity index (χ0) is 83.4. The highest BCUT2D eigenvalue weighted by atomic mass is 32.1. The third-order valence-electron chi connectivity index (χ3n) is 23.4. The van der Waals surface area contributed by atoms with Crippen LogP contribution in [0.25, 0.3) is 158 Å². The molecular weight excluding hydrogens is 1540 g/mol. The van der Waals surface area contributed by atoms with Crippen LogP contribution in [0, 0.1) is 0 Å². The van der Waals surface area contributed by atoms with Gasteiger partial charge in [0.2, 0.25) is 0 Å². The van der Waals surface area contributed by atoms with E-state index in [0.29, 0.717) is 0 Å². The molecule has 5 heterocycles. The molecule has 0 aliphatic heterocycles. The molecular formula is C116H84N8S. The Balaban J connectivity index is 0.000000102. The number of para-hydroxylation sites is 9. The number of nitrogens with one attached hydrogen (secondary N) is 4. The summed E-state index contributed by atoms with van der Waals surface area (Å²) in [6.45, 7) is 3.93. The van der Waals surface area contributed by atoms with Crippen molar-refractivity contribution in [1.82, 2.24) is 18.3 Å². The van der Waals surface area contributed by atoms with Crippen LogP contribution >= 0.6 is 11.3 Å². The number of hydrogen-bond acceptors (Lipinski definition) is 5. The molecule has 19 aromatic carbocycles. The monoisotopic (exact) mass is 1620 g/mol. The number of thiophene rings is 1. The molecule has 8 nitrogen and oxygen atoms in total. The van der Waals surface area contributed by atoms with Crippen molar-refractivity contribution < 1.29 is 0 Å². The second-order valence-electron chi connectivity index (χ2n) is 31.2. The summed E-state index contributed by atoms with van der Waals surface area (Å²) < 4.78 is 12.0. The lowest BCUT2D eigenvalue weighted by Crippen LogP contribution is -1.94. The van der Waals surface area contributed by atoms with Gasteiger partial charge in [-0.05, 0) is 234 Å². The summed E-state index contributed by atoms with van der Waals surface area (Å²) >= 11 is 1.85. The predicted molar refractivity (Wildman–Crippen MR) is 536 cm³/mol. The molecule has 125 heavy (non-hydrogen) atoms. The molecule has 0 saturated carbocycles. The zero-order valence-corrected chi connectivity index (χ0v) is 69.3. The summed E-state index contributed by atoms with van der Waals surface area (Å²) in [7, 11) is 0. The van der Waals surface area contributed by atoms with E-state index in [1.807, 2.05) is 59.9 Å². The number of benzene rings is 19. The van der Waals surface area contributed by atoms with Gasteiger partial charge in [-0.1, -0.05) is 274 Å². The number of aromatic nitrogens is 4. The van der Waals surface area contributed by atoms with Gasteiger partial charge in [0, 0.05) is 132 Å². The van der Waals surface area contributed by atoms with Gasteiger partial charge in [0.25, 0.3) is 0 Å². The standard InChI is InChI=1S/C32H24N2.C30H20N2S.C30H22N2.C24H18N2/c1-2-23-10-9-11-24(20-23)25-16-18-31-29(21-25)30-22-27(33-26-12-5-3-6-13-26)17-19-32(30)34(31)28-14-7-4-8-15-28;1-2-8-22(9-3-1)32-27-12-6-4-10-23(27)26-18-20(15-17-28(26)32)31-21-14-16-25-24-11-5-7-13-29(24)33-30(25)19-21;1-3-9-22(10-4-1)23-15-17-24(18-16-23)31-25-19-20-30-28(21-25)27-13-7-8-14-29(27)32(30)26-11-5-2-6-12-26;1-3-9-18(10-4-1)25-19-15-16-22-21-13-7-8-14-23(21)26(24(22)17-19)20-11-5-2-6-12-20/h2-22,33H,1H2;1-19,31H;1-21,31H;1-17,25H. The van der Waals surface area contributed by atoms with E-state index < -0.39 is 0 Å². The molecule has 5 aromatic heterocycles. The van der Waals surface area contributed by atoms with E-state index in [1.165, 1.54) is 147 Å². The van der Waals surface area contributed by atoms with Crippen molar-refractivity contribution in [2.75, 3.05) is 21.3 Å². The van der Waals surface area contributed by atoms with Gasteiger partial charge in [0.15, 0.2) is 0 Å². The van der Waals surface area contributed by atoms with Gasteiger partial charge in [-0.15, -0.1) is 11.3 Å². The van der Waals surface area contributed by atoms with Crippen LogP contribution in [0.5, 0.6) is 0 Å². The number of nitrogens with zero attached hydrogens (tertiary/aromatic N) is 4. The van der Waals surface area contributed by atoms with Crippen molar-refractivity contribution in [3.05, 3.63) is 479 Å². The second kappa shape index (κ2) is 34.0. The maximum atomic E-state index is 3.93. The molecule has 0 fully saturated rings. The van der Waals surface area contributed by atoms with E-state index >= 15 is 0 Å².